The summed E-state index contributed by atoms with van der Waals surface area (Å²) in [7, 11) is 0. The molecule has 0 heterocycles. The molecule has 0 unspecified atom stereocenters. The topological polar surface area (TPSA) is 61.7 Å². The molecule has 1 aliphatic carbocycles. The van der Waals surface area contributed by atoms with Crippen molar-refractivity contribution < 1.29 is 14.9 Å². The highest BCUT2D eigenvalue weighted by Crippen LogP contribution is 2.18. The summed E-state index contributed by atoms with van der Waals surface area (Å²) in [4.78, 5) is 0. The lowest BCUT2D eigenvalue weighted by molar-refractivity contribution is 0.0528. The fourth-order valence-electron chi connectivity index (χ4n) is 1.26. The smallest absolute Gasteiger partial charge is 0.0698 e. The van der Waals surface area contributed by atoms with Crippen LogP contribution in [-0.4, -0.2) is 48.7 Å². The second-order valence-corrected chi connectivity index (χ2v) is 3.11. The van der Waals surface area contributed by atoms with Gasteiger partial charge in [-0.3, -0.25) is 0 Å². The molecule has 0 saturated heterocycles. The number of hydrogen-bond donors (Lipinski definition) is 3. The van der Waals surface area contributed by atoms with Gasteiger partial charge in [0.05, 0.1) is 25.9 Å². The lowest BCUT2D eigenvalue weighted by Crippen LogP contribution is -2.45. The first-order chi connectivity index (χ1) is 5.83. The minimum atomic E-state index is -0.0964. The summed E-state index contributed by atoms with van der Waals surface area (Å²) in [5.74, 6) is 0. The summed E-state index contributed by atoms with van der Waals surface area (Å²) in [6, 6.07) is 0.470. The second kappa shape index (κ2) is 5.48. The van der Waals surface area contributed by atoms with Crippen LogP contribution in [0.1, 0.15) is 12.8 Å². The summed E-state index contributed by atoms with van der Waals surface area (Å²) in [5, 5.41) is 20.6. The molecule has 1 saturated carbocycles. The minimum Gasteiger partial charge on any atom is -0.394 e. The summed E-state index contributed by atoms with van der Waals surface area (Å²) in [6.45, 7) is 1.93. The predicted octanol–water partition coefficient (Wildman–Crippen LogP) is -0.892. The number of aliphatic hydroxyl groups is 2. The SMILES string of the molecule is OCCOCCNC1CC(O)C1. The molecule has 0 atom stereocenters. The molecular weight excluding hydrogens is 158 g/mol. The van der Waals surface area contributed by atoms with Crippen molar-refractivity contribution in [3.05, 3.63) is 0 Å². The van der Waals surface area contributed by atoms with Gasteiger partial charge in [0.1, 0.15) is 0 Å². The minimum absolute atomic E-state index is 0.0855. The molecule has 4 heteroatoms. The van der Waals surface area contributed by atoms with E-state index >= 15 is 0 Å². The highest BCUT2D eigenvalue weighted by molar-refractivity contribution is 4.84. The van der Waals surface area contributed by atoms with Gasteiger partial charge in [-0.15, -0.1) is 0 Å². The van der Waals surface area contributed by atoms with Crippen LogP contribution in [0.5, 0.6) is 0 Å². The van der Waals surface area contributed by atoms with E-state index in [9.17, 15) is 0 Å². The average molecular weight is 175 g/mol. The van der Waals surface area contributed by atoms with Gasteiger partial charge >= 0.3 is 0 Å². The number of hydrogen-bond acceptors (Lipinski definition) is 4. The van der Waals surface area contributed by atoms with Gasteiger partial charge in [-0.1, -0.05) is 0 Å². The van der Waals surface area contributed by atoms with Gasteiger partial charge in [-0.25, -0.2) is 0 Å². The van der Waals surface area contributed by atoms with Crippen LogP contribution in [-0.2, 0) is 4.74 Å². The highest BCUT2D eigenvalue weighted by Gasteiger charge is 2.25. The van der Waals surface area contributed by atoms with E-state index in [1.165, 1.54) is 0 Å². The normalized spacial score (nSPS) is 28.5. The summed E-state index contributed by atoms with van der Waals surface area (Å²) >= 11 is 0. The van der Waals surface area contributed by atoms with Crippen molar-refractivity contribution in [1.29, 1.82) is 0 Å². The lowest BCUT2D eigenvalue weighted by Gasteiger charge is -2.32. The van der Waals surface area contributed by atoms with Crippen LogP contribution in [0.15, 0.2) is 0 Å². The van der Waals surface area contributed by atoms with E-state index in [4.69, 9.17) is 14.9 Å². The molecule has 0 aromatic rings. The van der Waals surface area contributed by atoms with Crippen LogP contribution in [0, 0.1) is 0 Å². The second-order valence-electron chi connectivity index (χ2n) is 3.11. The van der Waals surface area contributed by atoms with Gasteiger partial charge in [0.2, 0.25) is 0 Å². The molecular formula is C8H17NO3. The molecule has 1 fully saturated rings. The molecule has 1 aliphatic rings. The van der Waals surface area contributed by atoms with Crippen molar-refractivity contribution in [2.45, 2.75) is 25.0 Å². The van der Waals surface area contributed by atoms with Gasteiger partial charge < -0.3 is 20.3 Å². The Bertz CT molecular complexity index is 115. The van der Waals surface area contributed by atoms with E-state index in [1.54, 1.807) is 0 Å². The Hall–Kier alpha value is -0.160. The number of nitrogens with one attached hydrogen (secondary N) is 1. The predicted molar refractivity (Wildman–Crippen MR) is 44.9 cm³/mol. The Morgan fingerprint density at radius 2 is 2.08 bits per heavy atom. The van der Waals surface area contributed by atoms with Crippen LogP contribution < -0.4 is 5.32 Å². The van der Waals surface area contributed by atoms with Crippen molar-refractivity contribution in [3.63, 3.8) is 0 Å². The molecule has 0 aliphatic heterocycles. The molecule has 0 bridgehead atoms. The maximum Gasteiger partial charge on any atom is 0.0698 e. The van der Waals surface area contributed by atoms with Gasteiger partial charge in [0.25, 0.3) is 0 Å². The molecule has 0 aromatic carbocycles. The van der Waals surface area contributed by atoms with E-state index in [0.717, 1.165) is 19.4 Å². The molecule has 12 heavy (non-hydrogen) atoms. The van der Waals surface area contributed by atoms with Crippen molar-refractivity contribution in [3.8, 4) is 0 Å². The number of ether oxygens (including phenoxy) is 1. The maximum atomic E-state index is 8.95. The third kappa shape index (κ3) is 3.49. The van der Waals surface area contributed by atoms with Gasteiger partial charge in [0.15, 0.2) is 0 Å². The third-order valence-corrected chi connectivity index (χ3v) is 2.03. The lowest BCUT2D eigenvalue weighted by atomic mass is 9.90. The zero-order valence-corrected chi connectivity index (χ0v) is 7.20. The fraction of sp³-hybridized carbons (Fsp3) is 1.00. The Morgan fingerprint density at radius 1 is 1.33 bits per heavy atom. The van der Waals surface area contributed by atoms with Crippen molar-refractivity contribution in [2.24, 2.45) is 0 Å². The Kier molecular flexibility index (Phi) is 4.53. The van der Waals surface area contributed by atoms with Crippen LogP contribution in [0.2, 0.25) is 0 Å². The van der Waals surface area contributed by atoms with Crippen molar-refractivity contribution >= 4 is 0 Å². The third-order valence-electron chi connectivity index (χ3n) is 2.03. The van der Waals surface area contributed by atoms with Gasteiger partial charge in [-0.05, 0) is 12.8 Å². The zero-order valence-electron chi connectivity index (χ0n) is 7.20. The zero-order chi connectivity index (χ0) is 8.81. The van der Waals surface area contributed by atoms with E-state index in [1.807, 2.05) is 0 Å². The van der Waals surface area contributed by atoms with Gasteiger partial charge in [0, 0.05) is 12.6 Å². The maximum absolute atomic E-state index is 8.95. The molecule has 3 N–H and O–H groups in total. The number of rotatable bonds is 6. The van der Waals surface area contributed by atoms with E-state index in [2.05, 4.69) is 5.32 Å². The molecule has 72 valence electrons. The molecule has 0 radical (unpaired) electrons. The molecule has 1 rings (SSSR count). The first kappa shape index (κ1) is 9.92. The van der Waals surface area contributed by atoms with Crippen LogP contribution in [0.3, 0.4) is 0 Å². The average Bonchev–Trinajstić information content (AvgIpc) is 2.00. The monoisotopic (exact) mass is 175 g/mol. The summed E-state index contributed by atoms with van der Waals surface area (Å²) in [6.07, 6.45) is 1.63. The van der Waals surface area contributed by atoms with Crippen LogP contribution in [0.25, 0.3) is 0 Å². The van der Waals surface area contributed by atoms with Crippen molar-refractivity contribution in [2.75, 3.05) is 26.4 Å². The molecule has 0 aromatic heterocycles. The first-order valence-electron chi connectivity index (χ1n) is 4.43. The first-order valence-corrected chi connectivity index (χ1v) is 4.43. The number of aliphatic hydroxyl groups excluding tert-OH is 2. The van der Waals surface area contributed by atoms with E-state index in [-0.39, 0.29) is 12.7 Å². The molecule has 0 spiro atoms. The molecule has 4 nitrogen and oxygen atoms in total. The Balaban J connectivity index is 1.77. The highest BCUT2D eigenvalue weighted by atomic mass is 16.5. The van der Waals surface area contributed by atoms with Gasteiger partial charge in [-0.2, -0.15) is 0 Å². The summed E-state index contributed by atoms with van der Waals surface area (Å²) < 4.78 is 5.05. The largest absolute Gasteiger partial charge is 0.394 e. The van der Waals surface area contributed by atoms with Crippen LogP contribution >= 0.6 is 0 Å². The molecule has 0 amide bonds. The van der Waals surface area contributed by atoms with E-state index in [0.29, 0.717) is 19.3 Å². The van der Waals surface area contributed by atoms with Crippen LogP contribution in [0.4, 0.5) is 0 Å². The van der Waals surface area contributed by atoms with E-state index < -0.39 is 0 Å². The Morgan fingerprint density at radius 3 is 2.67 bits per heavy atom. The fourth-order valence-corrected chi connectivity index (χ4v) is 1.26. The standard InChI is InChI=1S/C8H17NO3/c10-2-4-12-3-1-9-7-5-8(11)6-7/h7-11H,1-6H2. The quantitative estimate of drug-likeness (QED) is 0.458. The Labute approximate surface area is 72.5 Å². The summed E-state index contributed by atoms with van der Waals surface area (Å²) in [5.41, 5.74) is 0. The van der Waals surface area contributed by atoms with Crippen molar-refractivity contribution in [1.82, 2.24) is 5.32 Å².